The zero-order valence-corrected chi connectivity index (χ0v) is 17.7. The van der Waals surface area contributed by atoms with E-state index in [1.54, 1.807) is 0 Å². The maximum absolute atomic E-state index is 9.30. The summed E-state index contributed by atoms with van der Waals surface area (Å²) < 4.78 is 13.4. The summed E-state index contributed by atoms with van der Waals surface area (Å²) in [6, 6.07) is 2.40. The Balaban J connectivity index is 1.81. The zero-order chi connectivity index (χ0) is 18.3. The molecule has 0 N–H and O–H groups in total. The fourth-order valence-corrected chi connectivity index (χ4v) is 8.07. The Labute approximate surface area is 153 Å². The zero-order valence-electron chi connectivity index (χ0n) is 16.7. The Morgan fingerprint density at radius 3 is 2.68 bits per heavy atom. The summed E-state index contributed by atoms with van der Waals surface area (Å²) in [7, 11) is -1.68. The monoisotopic (exact) mass is 359 g/mol. The third-order valence-electron chi connectivity index (χ3n) is 7.85. The predicted molar refractivity (Wildman–Crippen MR) is 101 cm³/mol. The summed E-state index contributed by atoms with van der Waals surface area (Å²) in [5, 5.41) is 9.30. The summed E-state index contributed by atoms with van der Waals surface area (Å²) in [5.41, 5.74) is 1.90. The first kappa shape index (κ1) is 17.8. The van der Waals surface area contributed by atoms with Crippen LogP contribution in [-0.2, 0) is 9.16 Å². The molecule has 3 nitrogen and oxygen atoms in total. The minimum atomic E-state index is -1.68. The van der Waals surface area contributed by atoms with Crippen LogP contribution in [0.2, 0.25) is 19.6 Å². The van der Waals surface area contributed by atoms with Gasteiger partial charge in [-0.2, -0.15) is 5.26 Å². The van der Waals surface area contributed by atoms with Gasteiger partial charge in [0.25, 0.3) is 0 Å². The lowest BCUT2D eigenvalue weighted by atomic mass is 9.48. The van der Waals surface area contributed by atoms with Gasteiger partial charge in [-0.1, -0.05) is 18.6 Å². The fraction of sp³-hybridized carbons (Fsp3) is 0.857. The molecule has 2 saturated heterocycles. The number of nitrogens with zero attached hydrogens (tertiary/aromatic N) is 1. The van der Waals surface area contributed by atoms with Gasteiger partial charge >= 0.3 is 0 Å². The second-order valence-electron chi connectivity index (χ2n) is 10.6. The van der Waals surface area contributed by atoms with Crippen LogP contribution in [0.1, 0.15) is 52.9 Å². The van der Waals surface area contributed by atoms with Gasteiger partial charge in [0.2, 0.25) is 0 Å². The Bertz CT molecular complexity index is 662. The molecule has 0 radical (unpaired) electrons. The second-order valence-corrected chi connectivity index (χ2v) is 15.0. The van der Waals surface area contributed by atoms with Crippen molar-refractivity contribution >= 4 is 8.32 Å². The van der Waals surface area contributed by atoms with Gasteiger partial charge in [0.15, 0.2) is 8.32 Å². The fourth-order valence-electron chi connectivity index (χ4n) is 6.97. The van der Waals surface area contributed by atoms with Crippen LogP contribution in [0.5, 0.6) is 0 Å². The minimum absolute atomic E-state index is 0.00315. The highest BCUT2D eigenvalue weighted by molar-refractivity contribution is 6.69. The van der Waals surface area contributed by atoms with E-state index in [1.807, 2.05) is 0 Å². The molecule has 2 saturated carbocycles. The number of rotatable bonds is 4. The summed E-state index contributed by atoms with van der Waals surface area (Å²) in [4.78, 5) is 0. The van der Waals surface area contributed by atoms with E-state index in [2.05, 4.69) is 52.6 Å². The summed E-state index contributed by atoms with van der Waals surface area (Å²) in [5.74, 6) is 1.21. The Kier molecular flexibility index (Phi) is 3.70. The highest BCUT2D eigenvalue weighted by atomic mass is 28.4. The van der Waals surface area contributed by atoms with Crippen molar-refractivity contribution in [3.05, 3.63) is 11.6 Å². The Morgan fingerprint density at radius 2 is 2.08 bits per heavy atom. The van der Waals surface area contributed by atoms with E-state index in [9.17, 15) is 5.26 Å². The normalized spacial score (nSPS) is 50.5. The number of nitriles is 1. The lowest BCUT2D eigenvalue weighted by Crippen LogP contribution is -2.60. The van der Waals surface area contributed by atoms with Crippen molar-refractivity contribution in [2.45, 2.75) is 90.3 Å². The van der Waals surface area contributed by atoms with Gasteiger partial charge < -0.3 is 9.16 Å². The molecular weight excluding hydrogens is 326 g/mol. The Hall–Kier alpha value is -0.633. The molecule has 2 aliphatic heterocycles. The quantitative estimate of drug-likeness (QED) is 0.521. The molecule has 5 aliphatic rings. The van der Waals surface area contributed by atoms with Crippen LogP contribution in [0.25, 0.3) is 0 Å². The van der Waals surface area contributed by atoms with Crippen LogP contribution < -0.4 is 0 Å². The molecule has 7 unspecified atom stereocenters. The van der Waals surface area contributed by atoms with Gasteiger partial charge in [-0.25, -0.2) is 0 Å². The highest BCUT2D eigenvalue weighted by Gasteiger charge is 2.73. The molecule has 7 atom stereocenters. The van der Waals surface area contributed by atoms with Crippen molar-refractivity contribution in [1.29, 1.82) is 5.26 Å². The van der Waals surface area contributed by atoms with Gasteiger partial charge in [-0.15, -0.1) is 0 Å². The molecule has 138 valence electrons. The first-order chi connectivity index (χ1) is 11.5. The SMILES string of the molecule is CC1=CC(O[Si](C)(C)C)C(C)(CCC#N)C2C3CC4CC12CC4(C)O3. The van der Waals surface area contributed by atoms with E-state index in [4.69, 9.17) is 9.16 Å². The maximum atomic E-state index is 9.30. The third kappa shape index (κ3) is 2.35. The molecule has 0 amide bonds. The lowest BCUT2D eigenvalue weighted by Gasteiger charge is -2.61. The number of allylic oxidation sites excluding steroid dienone is 1. The van der Waals surface area contributed by atoms with Crippen LogP contribution >= 0.6 is 0 Å². The number of hydrogen-bond acceptors (Lipinski definition) is 3. The average molecular weight is 360 g/mol. The smallest absolute Gasteiger partial charge is 0.184 e. The van der Waals surface area contributed by atoms with E-state index in [-0.39, 0.29) is 22.5 Å². The molecule has 4 heteroatoms. The van der Waals surface area contributed by atoms with Crippen LogP contribution in [0, 0.1) is 34.0 Å². The van der Waals surface area contributed by atoms with Crippen molar-refractivity contribution in [3.63, 3.8) is 0 Å². The topological polar surface area (TPSA) is 42.2 Å². The van der Waals surface area contributed by atoms with E-state index < -0.39 is 8.32 Å². The highest BCUT2D eigenvalue weighted by Crippen LogP contribution is 2.74. The molecule has 1 spiro atoms. The van der Waals surface area contributed by atoms with Gasteiger partial charge in [0.05, 0.1) is 23.9 Å². The van der Waals surface area contributed by atoms with Crippen LogP contribution in [0.15, 0.2) is 11.6 Å². The molecule has 3 aliphatic carbocycles. The molecule has 2 heterocycles. The molecule has 0 aromatic heterocycles. The van der Waals surface area contributed by atoms with Gasteiger partial charge in [0.1, 0.15) is 0 Å². The summed E-state index contributed by atoms with van der Waals surface area (Å²) in [6.45, 7) is 13.9. The van der Waals surface area contributed by atoms with Crippen molar-refractivity contribution in [2.75, 3.05) is 0 Å². The van der Waals surface area contributed by atoms with E-state index in [0.29, 0.717) is 24.4 Å². The molecular formula is C21H33NO2Si. The van der Waals surface area contributed by atoms with Gasteiger partial charge in [-0.05, 0) is 65.1 Å². The summed E-state index contributed by atoms with van der Waals surface area (Å²) >= 11 is 0. The van der Waals surface area contributed by atoms with Crippen molar-refractivity contribution < 1.29 is 9.16 Å². The summed E-state index contributed by atoms with van der Waals surface area (Å²) in [6.07, 6.45) is 8.07. The number of ether oxygens (including phenoxy) is 1. The average Bonchev–Trinajstić information content (AvgIpc) is 2.84. The van der Waals surface area contributed by atoms with Crippen LogP contribution in [0.4, 0.5) is 0 Å². The maximum Gasteiger partial charge on any atom is 0.184 e. The first-order valence-electron chi connectivity index (χ1n) is 9.96. The second kappa shape index (κ2) is 5.21. The van der Waals surface area contributed by atoms with E-state index in [1.165, 1.54) is 18.4 Å². The third-order valence-corrected chi connectivity index (χ3v) is 8.81. The van der Waals surface area contributed by atoms with E-state index >= 15 is 0 Å². The molecule has 4 bridgehead atoms. The van der Waals surface area contributed by atoms with Crippen LogP contribution in [-0.4, -0.2) is 26.1 Å². The van der Waals surface area contributed by atoms with Gasteiger partial charge in [-0.3, -0.25) is 0 Å². The largest absolute Gasteiger partial charge is 0.411 e. The molecule has 0 aromatic rings. The van der Waals surface area contributed by atoms with Gasteiger partial charge in [0, 0.05) is 23.2 Å². The van der Waals surface area contributed by atoms with Crippen molar-refractivity contribution in [3.8, 4) is 6.07 Å². The van der Waals surface area contributed by atoms with Crippen molar-refractivity contribution in [2.24, 2.45) is 22.7 Å². The molecule has 5 rings (SSSR count). The van der Waals surface area contributed by atoms with E-state index in [0.717, 1.165) is 12.8 Å². The molecule has 25 heavy (non-hydrogen) atoms. The minimum Gasteiger partial charge on any atom is -0.411 e. The van der Waals surface area contributed by atoms with Crippen molar-refractivity contribution in [1.82, 2.24) is 0 Å². The first-order valence-corrected chi connectivity index (χ1v) is 13.4. The molecule has 4 fully saturated rings. The standard InChI is InChI=1S/C21H33NO2Si/c1-14-10-17(24-25(4,5)6)19(2,8-7-9-22)18-16-11-15-12-21(14,18)13-20(15,3)23-16/h10,15-18H,7-8,11-13H2,1-6H3. The number of hydrogen-bond donors (Lipinski definition) is 0. The predicted octanol–water partition coefficient (Wildman–Crippen LogP) is 5.05. The lowest BCUT2D eigenvalue weighted by molar-refractivity contribution is -0.180. The molecule has 0 aromatic carbocycles. The Morgan fingerprint density at radius 1 is 1.36 bits per heavy atom. The van der Waals surface area contributed by atoms with Crippen LogP contribution in [0.3, 0.4) is 0 Å².